The third-order valence-corrected chi connectivity index (χ3v) is 5.42. The van der Waals surface area contributed by atoms with E-state index in [1.807, 2.05) is 0 Å². The van der Waals surface area contributed by atoms with Gasteiger partial charge >= 0.3 is 0 Å². The number of non-ortho nitro benzene ring substituents is 1. The Morgan fingerprint density at radius 2 is 1.97 bits per heavy atom. The number of carbonyl (C=O) groups excluding carboxylic acids is 2. The van der Waals surface area contributed by atoms with Gasteiger partial charge in [0.15, 0.2) is 11.5 Å². The first kappa shape index (κ1) is 20.2. The summed E-state index contributed by atoms with van der Waals surface area (Å²) in [6.07, 6.45) is 0. The van der Waals surface area contributed by atoms with Crippen molar-refractivity contribution in [2.45, 2.75) is 13.0 Å². The molecule has 1 unspecified atom stereocenters. The van der Waals surface area contributed by atoms with Gasteiger partial charge in [0.05, 0.1) is 27.6 Å². The van der Waals surface area contributed by atoms with Crippen LogP contribution in [0.1, 0.15) is 27.9 Å². The Morgan fingerprint density at radius 1 is 1.18 bits per heavy atom. The van der Waals surface area contributed by atoms with Gasteiger partial charge in [0.2, 0.25) is 11.7 Å². The molecule has 0 aliphatic carbocycles. The second kappa shape index (κ2) is 7.45. The Bertz CT molecular complexity index is 1450. The number of nitro groups is 1. The maximum Gasteiger partial charge on any atom is 0.296 e. The standard InChI is InChI=1S/C23H16N4O6/c1-12-9-10-17(33-12)20(28)18-19(13-5-4-6-14(11-13)27(31)32)26(22(30)21(18)29)23-24-15-7-2-3-8-16(15)25-23/h2-11,19,29H,1H3,(H,24,25). The topological polar surface area (TPSA) is 143 Å². The molecule has 10 nitrogen and oxygen atoms in total. The lowest BCUT2D eigenvalue weighted by Gasteiger charge is -2.24. The van der Waals surface area contributed by atoms with Crippen LogP contribution in [0.2, 0.25) is 0 Å². The number of anilines is 1. The molecule has 1 aliphatic rings. The van der Waals surface area contributed by atoms with Crippen molar-refractivity contribution in [1.82, 2.24) is 9.97 Å². The Balaban J connectivity index is 1.70. The Morgan fingerprint density at radius 3 is 2.67 bits per heavy atom. The Kier molecular flexibility index (Phi) is 4.56. The lowest BCUT2D eigenvalue weighted by atomic mass is 9.95. The van der Waals surface area contributed by atoms with Crippen LogP contribution in [-0.4, -0.2) is 31.7 Å². The van der Waals surface area contributed by atoms with Crippen LogP contribution in [0.3, 0.4) is 0 Å². The van der Waals surface area contributed by atoms with Crippen molar-refractivity contribution in [2.24, 2.45) is 0 Å². The summed E-state index contributed by atoms with van der Waals surface area (Å²) < 4.78 is 5.42. The number of aryl methyl sites for hydroxylation is 1. The fourth-order valence-electron chi connectivity index (χ4n) is 3.92. The van der Waals surface area contributed by atoms with Gasteiger partial charge in [-0.3, -0.25) is 24.6 Å². The highest BCUT2D eigenvalue weighted by atomic mass is 16.6. The first-order valence-electron chi connectivity index (χ1n) is 9.92. The zero-order chi connectivity index (χ0) is 23.3. The lowest BCUT2D eigenvalue weighted by molar-refractivity contribution is -0.384. The summed E-state index contributed by atoms with van der Waals surface area (Å²) in [6.45, 7) is 1.66. The molecule has 0 bridgehead atoms. The van der Waals surface area contributed by atoms with Gasteiger partial charge < -0.3 is 14.5 Å². The van der Waals surface area contributed by atoms with Crippen LogP contribution in [0.5, 0.6) is 0 Å². The minimum absolute atomic E-state index is 0.0660. The molecule has 1 amide bonds. The molecule has 1 atom stereocenters. The van der Waals surface area contributed by atoms with E-state index in [-0.39, 0.29) is 28.5 Å². The number of aromatic nitrogens is 2. The van der Waals surface area contributed by atoms with E-state index in [4.69, 9.17) is 4.42 Å². The number of aliphatic hydroxyl groups excluding tert-OH is 1. The maximum atomic E-state index is 13.3. The van der Waals surface area contributed by atoms with Crippen LogP contribution in [0.25, 0.3) is 11.0 Å². The van der Waals surface area contributed by atoms with E-state index in [0.717, 1.165) is 4.90 Å². The first-order valence-corrected chi connectivity index (χ1v) is 9.92. The van der Waals surface area contributed by atoms with Crippen molar-refractivity contribution >= 4 is 34.4 Å². The molecule has 1 aliphatic heterocycles. The van der Waals surface area contributed by atoms with Crippen LogP contribution in [0.15, 0.2) is 76.4 Å². The second-order valence-electron chi connectivity index (χ2n) is 7.51. The number of para-hydroxylation sites is 2. The number of carbonyl (C=O) groups is 2. The number of aromatic amines is 1. The zero-order valence-electron chi connectivity index (χ0n) is 17.2. The number of furan rings is 1. The molecule has 3 heterocycles. The molecule has 0 radical (unpaired) electrons. The van der Waals surface area contributed by atoms with Crippen molar-refractivity contribution < 1.29 is 24.0 Å². The van der Waals surface area contributed by atoms with E-state index in [0.29, 0.717) is 16.8 Å². The van der Waals surface area contributed by atoms with Crippen LogP contribution in [0.4, 0.5) is 11.6 Å². The number of benzene rings is 2. The molecule has 0 saturated heterocycles. The van der Waals surface area contributed by atoms with Crippen molar-refractivity contribution in [1.29, 1.82) is 0 Å². The average Bonchev–Trinajstić information content (AvgIpc) is 3.49. The minimum atomic E-state index is -1.17. The highest BCUT2D eigenvalue weighted by Crippen LogP contribution is 2.42. The van der Waals surface area contributed by atoms with E-state index in [2.05, 4.69) is 9.97 Å². The number of rotatable bonds is 5. The number of hydrogen-bond donors (Lipinski definition) is 2. The van der Waals surface area contributed by atoms with E-state index in [1.54, 1.807) is 43.3 Å². The number of nitrogens with zero attached hydrogens (tertiary/aromatic N) is 3. The summed E-state index contributed by atoms with van der Waals surface area (Å²) in [5.74, 6) is -1.84. The summed E-state index contributed by atoms with van der Waals surface area (Å²) in [4.78, 5) is 45.8. The normalized spacial score (nSPS) is 16.1. The number of hydrogen-bond acceptors (Lipinski definition) is 7. The van der Waals surface area contributed by atoms with Crippen molar-refractivity contribution in [2.75, 3.05) is 4.90 Å². The first-order chi connectivity index (χ1) is 15.8. The third kappa shape index (κ3) is 3.24. The number of H-pyrrole nitrogens is 1. The second-order valence-corrected chi connectivity index (χ2v) is 7.51. The number of aliphatic hydroxyl groups is 1. The minimum Gasteiger partial charge on any atom is -0.503 e. The van der Waals surface area contributed by atoms with E-state index < -0.39 is 28.4 Å². The summed E-state index contributed by atoms with van der Waals surface area (Å²) in [6, 6.07) is 14.5. The highest BCUT2D eigenvalue weighted by molar-refractivity contribution is 6.20. The summed E-state index contributed by atoms with van der Waals surface area (Å²) >= 11 is 0. The molecule has 10 heteroatoms. The molecule has 33 heavy (non-hydrogen) atoms. The van der Waals surface area contributed by atoms with Crippen molar-refractivity contribution in [3.05, 3.63) is 99.2 Å². The van der Waals surface area contributed by atoms with Crippen molar-refractivity contribution in [3.63, 3.8) is 0 Å². The van der Waals surface area contributed by atoms with Crippen LogP contribution < -0.4 is 4.90 Å². The van der Waals surface area contributed by atoms with Gasteiger partial charge in [-0.1, -0.05) is 24.3 Å². The molecule has 164 valence electrons. The molecule has 0 saturated carbocycles. The largest absolute Gasteiger partial charge is 0.503 e. The van der Waals surface area contributed by atoms with Gasteiger partial charge in [-0.05, 0) is 36.8 Å². The third-order valence-electron chi connectivity index (χ3n) is 5.42. The lowest BCUT2D eigenvalue weighted by Crippen LogP contribution is -2.32. The smallest absolute Gasteiger partial charge is 0.296 e. The molecule has 2 N–H and O–H groups in total. The fourth-order valence-corrected chi connectivity index (χ4v) is 3.92. The molecule has 2 aromatic heterocycles. The van der Waals surface area contributed by atoms with E-state index >= 15 is 0 Å². The summed E-state index contributed by atoms with van der Waals surface area (Å²) in [7, 11) is 0. The SMILES string of the molecule is Cc1ccc(C(=O)C2=C(O)C(=O)N(c3nc4ccccc4[nH]3)C2c2cccc([N+](=O)[O-])c2)o1. The van der Waals surface area contributed by atoms with Gasteiger partial charge in [0.1, 0.15) is 5.76 Å². The zero-order valence-corrected chi connectivity index (χ0v) is 17.2. The van der Waals surface area contributed by atoms with Crippen LogP contribution in [-0.2, 0) is 4.79 Å². The van der Waals surface area contributed by atoms with Crippen molar-refractivity contribution in [3.8, 4) is 0 Å². The Hall–Kier alpha value is -4.73. The van der Waals surface area contributed by atoms with Crippen LogP contribution >= 0.6 is 0 Å². The van der Waals surface area contributed by atoms with Gasteiger partial charge in [-0.15, -0.1) is 0 Å². The fraction of sp³-hybridized carbons (Fsp3) is 0.0870. The van der Waals surface area contributed by atoms with Gasteiger partial charge in [-0.25, -0.2) is 4.98 Å². The molecular formula is C23H16N4O6. The molecular weight excluding hydrogens is 428 g/mol. The molecule has 0 spiro atoms. The maximum absolute atomic E-state index is 13.3. The summed E-state index contributed by atoms with van der Waals surface area (Å²) in [5.41, 5.74) is 0.985. The number of imidazole rings is 1. The summed E-state index contributed by atoms with van der Waals surface area (Å²) in [5, 5.41) is 22.1. The number of amides is 1. The average molecular weight is 444 g/mol. The number of ketones is 1. The quantitative estimate of drug-likeness (QED) is 0.267. The van der Waals surface area contributed by atoms with E-state index in [1.165, 1.54) is 24.3 Å². The Labute approximate surface area is 185 Å². The van der Waals surface area contributed by atoms with Crippen LogP contribution in [0, 0.1) is 17.0 Å². The predicted molar refractivity (Wildman–Crippen MR) is 117 cm³/mol. The van der Waals surface area contributed by atoms with Gasteiger partial charge in [-0.2, -0.15) is 0 Å². The molecule has 4 aromatic rings. The molecule has 0 fully saturated rings. The van der Waals surface area contributed by atoms with Gasteiger partial charge in [0, 0.05) is 12.1 Å². The number of nitrogens with one attached hydrogen (secondary N) is 1. The van der Waals surface area contributed by atoms with Gasteiger partial charge in [0.25, 0.3) is 11.6 Å². The highest BCUT2D eigenvalue weighted by Gasteiger charge is 2.46. The monoisotopic (exact) mass is 444 g/mol. The molecule has 5 rings (SSSR count). The van der Waals surface area contributed by atoms with E-state index in [9.17, 15) is 24.8 Å². The number of nitro benzene ring substituents is 1. The predicted octanol–water partition coefficient (Wildman–Crippen LogP) is 4.16. The number of fused-ring (bicyclic) bond motifs is 1. The molecule has 2 aromatic carbocycles. The number of Topliss-reactive ketones (excluding diaryl/α,β-unsaturated/α-hetero) is 1.